The van der Waals surface area contributed by atoms with Gasteiger partial charge in [-0.25, -0.2) is 0 Å². The van der Waals surface area contributed by atoms with Crippen molar-refractivity contribution in [2.75, 3.05) is 0 Å². The van der Waals surface area contributed by atoms with Crippen LogP contribution in [0.5, 0.6) is 0 Å². The number of hydrogen-bond acceptors (Lipinski definition) is 3. The molecule has 0 amide bonds. The molecule has 3 atom stereocenters. The maximum absolute atomic E-state index is 10.9. The van der Waals surface area contributed by atoms with Crippen molar-refractivity contribution in [3.8, 4) is 6.07 Å². The van der Waals surface area contributed by atoms with E-state index in [1.54, 1.807) is 11.3 Å². The van der Waals surface area contributed by atoms with E-state index < -0.39 is 11.0 Å². The van der Waals surface area contributed by atoms with Gasteiger partial charge in [-0.05, 0) is 56.0 Å². The molecule has 1 aromatic heterocycles. The van der Waals surface area contributed by atoms with Crippen molar-refractivity contribution in [1.82, 2.24) is 0 Å². The molecule has 17 heavy (non-hydrogen) atoms. The molecule has 3 unspecified atom stereocenters. The number of aliphatic hydroxyl groups is 1. The number of hydrogen-bond donors (Lipinski definition) is 1. The highest BCUT2D eigenvalue weighted by atomic mass is 32.1. The van der Waals surface area contributed by atoms with E-state index in [9.17, 15) is 10.4 Å². The molecular weight excluding hydrogens is 230 g/mol. The largest absolute Gasteiger partial charge is 0.383 e. The van der Waals surface area contributed by atoms with Gasteiger partial charge in [0.05, 0.1) is 11.5 Å². The van der Waals surface area contributed by atoms with Crippen molar-refractivity contribution >= 4 is 11.3 Å². The standard InChI is InChI=1S/C14H19NOS/c1-10-4-6-14(8-10,9-15)13(3,16)12-11(2)5-7-17-12/h5,7,10,16H,4,6,8H2,1-3H3. The van der Waals surface area contributed by atoms with E-state index in [2.05, 4.69) is 13.0 Å². The number of thiophene rings is 1. The van der Waals surface area contributed by atoms with Gasteiger partial charge < -0.3 is 5.11 Å². The van der Waals surface area contributed by atoms with Crippen LogP contribution >= 0.6 is 11.3 Å². The predicted octanol–water partition coefficient (Wildman–Crippen LogP) is 3.59. The van der Waals surface area contributed by atoms with Gasteiger partial charge in [0.2, 0.25) is 0 Å². The second-order valence-corrected chi connectivity index (χ2v) is 6.46. The first kappa shape index (κ1) is 12.6. The Hall–Kier alpha value is -0.850. The molecule has 1 aromatic rings. The summed E-state index contributed by atoms with van der Waals surface area (Å²) in [6.07, 6.45) is 2.64. The number of rotatable bonds is 2. The third kappa shape index (κ3) is 1.80. The van der Waals surface area contributed by atoms with E-state index in [1.165, 1.54) is 0 Å². The fourth-order valence-corrected chi connectivity index (χ4v) is 4.12. The van der Waals surface area contributed by atoms with Crippen LogP contribution in [0.15, 0.2) is 11.4 Å². The molecule has 1 N–H and O–H groups in total. The summed E-state index contributed by atoms with van der Waals surface area (Å²) >= 11 is 1.56. The zero-order chi connectivity index (χ0) is 12.7. The summed E-state index contributed by atoms with van der Waals surface area (Å²) in [7, 11) is 0. The van der Waals surface area contributed by atoms with Crippen molar-refractivity contribution in [2.24, 2.45) is 11.3 Å². The van der Waals surface area contributed by atoms with E-state index in [4.69, 9.17) is 0 Å². The van der Waals surface area contributed by atoms with Gasteiger partial charge in [-0.1, -0.05) is 6.92 Å². The predicted molar refractivity (Wildman–Crippen MR) is 69.7 cm³/mol. The Bertz CT molecular complexity index is 457. The smallest absolute Gasteiger partial charge is 0.115 e. The molecule has 3 heteroatoms. The highest BCUT2D eigenvalue weighted by Gasteiger charge is 2.53. The molecule has 2 rings (SSSR count). The topological polar surface area (TPSA) is 44.0 Å². The summed E-state index contributed by atoms with van der Waals surface area (Å²) < 4.78 is 0. The number of aryl methyl sites for hydroxylation is 1. The highest BCUT2D eigenvalue weighted by Crippen LogP contribution is 2.54. The van der Waals surface area contributed by atoms with E-state index in [0.717, 1.165) is 29.7 Å². The van der Waals surface area contributed by atoms with Gasteiger partial charge >= 0.3 is 0 Å². The summed E-state index contributed by atoms with van der Waals surface area (Å²) in [6.45, 7) is 5.98. The normalized spacial score (nSPS) is 32.1. The SMILES string of the molecule is Cc1ccsc1C(C)(O)C1(C#N)CCC(C)C1. The molecule has 0 aromatic carbocycles. The molecule has 0 aliphatic heterocycles. The van der Waals surface area contributed by atoms with Crippen LogP contribution in [0.25, 0.3) is 0 Å². The molecule has 0 bridgehead atoms. The molecule has 92 valence electrons. The van der Waals surface area contributed by atoms with Gasteiger partial charge in [0, 0.05) is 4.88 Å². The molecule has 1 aliphatic rings. The van der Waals surface area contributed by atoms with Crippen LogP contribution in [-0.2, 0) is 5.60 Å². The average molecular weight is 249 g/mol. The fraction of sp³-hybridized carbons (Fsp3) is 0.643. The van der Waals surface area contributed by atoms with E-state index in [1.807, 2.05) is 25.3 Å². The Morgan fingerprint density at radius 1 is 1.65 bits per heavy atom. The van der Waals surface area contributed by atoms with Crippen molar-refractivity contribution < 1.29 is 5.11 Å². The van der Waals surface area contributed by atoms with Crippen LogP contribution in [-0.4, -0.2) is 5.11 Å². The first-order valence-corrected chi connectivity index (χ1v) is 6.99. The molecule has 1 saturated carbocycles. The third-order valence-corrected chi connectivity index (χ3v) is 5.44. The van der Waals surface area contributed by atoms with Gasteiger partial charge in [-0.3, -0.25) is 0 Å². The lowest BCUT2D eigenvalue weighted by Crippen LogP contribution is -2.40. The summed E-state index contributed by atoms with van der Waals surface area (Å²) in [5.41, 5.74) is -0.540. The van der Waals surface area contributed by atoms with Crippen LogP contribution in [0.3, 0.4) is 0 Å². The molecular formula is C14H19NOS. The summed E-state index contributed by atoms with van der Waals surface area (Å²) in [4.78, 5) is 0.952. The van der Waals surface area contributed by atoms with Gasteiger partial charge in [0.15, 0.2) is 0 Å². The maximum Gasteiger partial charge on any atom is 0.115 e. The Balaban J connectivity index is 2.45. The quantitative estimate of drug-likeness (QED) is 0.870. The number of nitrogens with zero attached hydrogens (tertiary/aromatic N) is 1. The Morgan fingerprint density at radius 2 is 2.35 bits per heavy atom. The van der Waals surface area contributed by atoms with E-state index >= 15 is 0 Å². The first-order chi connectivity index (χ1) is 7.93. The van der Waals surface area contributed by atoms with Gasteiger partial charge in [-0.2, -0.15) is 5.26 Å². The van der Waals surface area contributed by atoms with Crippen LogP contribution in [0.1, 0.15) is 43.6 Å². The van der Waals surface area contributed by atoms with Crippen molar-refractivity contribution in [1.29, 1.82) is 5.26 Å². The third-order valence-electron chi connectivity index (χ3n) is 4.21. The van der Waals surface area contributed by atoms with Crippen LogP contribution in [0, 0.1) is 29.6 Å². The summed E-state index contributed by atoms with van der Waals surface area (Å²) in [5.74, 6) is 0.529. The summed E-state index contributed by atoms with van der Waals surface area (Å²) in [5, 5.41) is 22.5. The Morgan fingerprint density at radius 3 is 2.76 bits per heavy atom. The second-order valence-electron chi connectivity index (χ2n) is 5.55. The molecule has 1 fully saturated rings. The van der Waals surface area contributed by atoms with Gasteiger partial charge in [-0.15, -0.1) is 11.3 Å². The molecule has 0 saturated heterocycles. The fourth-order valence-electron chi connectivity index (χ4n) is 3.03. The van der Waals surface area contributed by atoms with Crippen molar-refractivity contribution in [2.45, 2.75) is 45.6 Å². The van der Waals surface area contributed by atoms with Gasteiger partial charge in [0.1, 0.15) is 5.60 Å². The van der Waals surface area contributed by atoms with E-state index in [-0.39, 0.29) is 0 Å². The minimum atomic E-state index is -1.02. The molecule has 0 radical (unpaired) electrons. The highest BCUT2D eigenvalue weighted by molar-refractivity contribution is 7.10. The lowest BCUT2D eigenvalue weighted by molar-refractivity contribution is -0.0411. The minimum Gasteiger partial charge on any atom is -0.383 e. The van der Waals surface area contributed by atoms with Crippen LogP contribution < -0.4 is 0 Å². The summed E-state index contributed by atoms with van der Waals surface area (Å²) in [6, 6.07) is 4.43. The average Bonchev–Trinajstić information content (AvgIpc) is 2.85. The molecule has 2 nitrogen and oxygen atoms in total. The minimum absolute atomic E-state index is 0.529. The Labute approximate surface area is 107 Å². The zero-order valence-electron chi connectivity index (χ0n) is 10.7. The Kier molecular flexibility index (Phi) is 3.05. The van der Waals surface area contributed by atoms with Crippen LogP contribution in [0.4, 0.5) is 0 Å². The maximum atomic E-state index is 10.9. The monoisotopic (exact) mass is 249 g/mol. The lowest BCUT2D eigenvalue weighted by Gasteiger charge is -2.37. The molecule has 0 spiro atoms. The van der Waals surface area contributed by atoms with Crippen LogP contribution in [0.2, 0.25) is 0 Å². The van der Waals surface area contributed by atoms with Crippen molar-refractivity contribution in [3.05, 3.63) is 21.9 Å². The lowest BCUT2D eigenvalue weighted by atomic mass is 9.70. The van der Waals surface area contributed by atoms with Crippen molar-refractivity contribution in [3.63, 3.8) is 0 Å². The second kappa shape index (κ2) is 4.12. The molecule has 1 aliphatic carbocycles. The first-order valence-electron chi connectivity index (χ1n) is 6.11. The van der Waals surface area contributed by atoms with E-state index in [0.29, 0.717) is 5.92 Å². The molecule has 1 heterocycles. The van der Waals surface area contributed by atoms with Gasteiger partial charge in [0.25, 0.3) is 0 Å². The zero-order valence-corrected chi connectivity index (χ0v) is 11.5. The number of nitriles is 1.